The molecule has 0 fully saturated rings. The maximum absolute atomic E-state index is 12.4. The van der Waals surface area contributed by atoms with Gasteiger partial charge in [-0.05, 0) is 25.1 Å². The van der Waals surface area contributed by atoms with Crippen LogP contribution >= 0.6 is 0 Å². The molecule has 0 saturated heterocycles. The minimum Gasteiger partial charge on any atom is -0.497 e. The summed E-state index contributed by atoms with van der Waals surface area (Å²) in [7, 11) is 3.02. The van der Waals surface area contributed by atoms with Crippen molar-refractivity contribution < 1.29 is 14.3 Å². The van der Waals surface area contributed by atoms with Crippen molar-refractivity contribution >= 4 is 22.5 Å². The second kappa shape index (κ2) is 7.26. The van der Waals surface area contributed by atoms with E-state index in [1.165, 1.54) is 19.4 Å². The number of amides is 1. The molecule has 0 aliphatic heterocycles. The Kier molecular flexibility index (Phi) is 4.88. The number of anilines is 1. The van der Waals surface area contributed by atoms with E-state index < -0.39 is 0 Å². The molecule has 0 unspecified atom stereocenters. The molecule has 0 bridgehead atoms. The molecule has 7 nitrogen and oxygen atoms in total. The van der Waals surface area contributed by atoms with Crippen LogP contribution in [0, 0.1) is 6.92 Å². The number of rotatable bonds is 5. The van der Waals surface area contributed by atoms with Gasteiger partial charge in [0.15, 0.2) is 5.75 Å². The lowest BCUT2D eigenvalue weighted by molar-refractivity contribution is -0.116. The van der Waals surface area contributed by atoms with Crippen molar-refractivity contribution in [3.05, 3.63) is 58.6 Å². The third kappa shape index (κ3) is 3.66. The Morgan fingerprint density at radius 1 is 1.19 bits per heavy atom. The first kappa shape index (κ1) is 17.5. The van der Waals surface area contributed by atoms with Crippen molar-refractivity contribution in [1.29, 1.82) is 0 Å². The first-order valence-corrected chi connectivity index (χ1v) is 7.99. The van der Waals surface area contributed by atoms with E-state index >= 15 is 0 Å². The predicted molar refractivity (Wildman–Crippen MR) is 98.9 cm³/mol. The highest BCUT2D eigenvalue weighted by Gasteiger charge is 2.09. The van der Waals surface area contributed by atoms with Crippen LogP contribution in [0.15, 0.2) is 47.5 Å². The number of ether oxygens (including phenoxy) is 2. The third-order valence-electron chi connectivity index (χ3n) is 4.02. The van der Waals surface area contributed by atoms with Crippen molar-refractivity contribution in [2.24, 2.45) is 0 Å². The van der Waals surface area contributed by atoms with Gasteiger partial charge < -0.3 is 19.4 Å². The van der Waals surface area contributed by atoms with E-state index in [1.54, 1.807) is 24.8 Å². The Morgan fingerprint density at radius 2 is 2.00 bits per heavy atom. The Bertz CT molecular complexity index is 1030. The van der Waals surface area contributed by atoms with E-state index in [4.69, 9.17) is 9.47 Å². The molecule has 0 aliphatic rings. The van der Waals surface area contributed by atoms with E-state index in [9.17, 15) is 9.59 Å². The van der Waals surface area contributed by atoms with Gasteiger partial charge in [-0.15, -0.1) is 0 Å². The average molecular weight is 353 g/mol. The summed E-state index contributed by atoms with van der Waals surface area (Å²) in [4.78, 5) is 28.4. The molecular formula is C19H19N3O4. The van der Waals surface area contributed by atoms with E-state index in [1.807, 2.05) is 24.3 Å². The van der Waals surface area contributed by atoms with Crippen LogP contribution in [0.1, 0.15) is 5.69 Å². The Morgan fingerprint density at radius 3 is 2.73 bits per heavy atom. The number of carbonyl (C=O) groups is 1. The van der Waals surface area contributed by atoms with Gasteiger partial charge in [0, 0.05) is 23.2 Å². The average Bonchev–Trinajstić information content (AvgIpc) is 2.63. The highest BCUT2D eigenvalue weighted by Crippen LogP contribution is 2.21. The van der Waals surface area contributed by atoms with Gasteiger partial charge in [-0.3, -0.25) is 14.6 Å². The Balaban J connectivity index is 1.78. The molecule has 2 heterocycles. The number of methoxy groups -OCH3 is 2. The number of aromatic nitrogens is 2. The van der Waals surface area contributed by atoms with Crippen molar-refractivity contribution in [1.82, 2.24) is 9.55 Å². The minimum atomic E-state index is -0.228. The molecule has 3 rings (SSSR count). The van der Waals surface area contributed by atoms with Gasteiger partial charge in [-0.1, -0.05) is 0 Å². The van der Waals surface area contributed by atoms with Crippen LogP contribution < -0.4 is 20.2 Å². The molecule has 7 heteroatoms. The standard InChI is InChI=1S/C19H19N3O4/c1-12-6-17(23)18(26-3)10-22(12)11-19(24)21-14-7-13-4-5-15(25-2)8-16(13)20-9-14/h4-10H,11H2,1-3H3,(H,21,24). The molecule has 1 N–H and O–H groups in total. The van der Waals surface area contributed by atoms with Crippen molar-refractivity contribution in [2.45, 2.75) is 13.5 Å². The molecule has 1 aromatic carbocycles. The van der Waals surface area contributed by atoms with E-state index in [0.29, 0.717) is 11.4 Å². The number of nitrogens with one attached hydrogen (secondary N) is 1. The van der Waals surface area contributed by atoms with Crippen LogP contribution in [0.25, 0.3) is 10.9 Å². The number of carbonyl (C=O) groups excluding carboxylic acids is 1. The van der Waals surface area contributed by atoms with Crippen LogP contribution in [0.2, 0.25) is 0 Å². The summed E-state index contributed by atoms with van der Waals surface area (Å²) in [5.41, 5.74) is 1.84. The molecule has 0 spiro atoms. The highest BCUT2D eigenvalue weighted by molar-refractivity contribution is 5.93. The molecule has 0 radical (unpaired) electrons. The zero-order chi connectivity index (χ0) is 18.7. The predicted octanol–water partition coefficient (Wildman–Crippen LogP) is 2.36. The van der Waals surface area contributed by atoms with Gasteiger partial charge in [-0.25, -0.2) is 0 Å². The van der Waals surface area contributed by atoms with E-state index in [2.05, 4.69) is 10.3 Å². The van der Waals surface area contributed by atoms with Gasteiger partial charge in [0.25, 0.3) is 0 Å². The van der Waals surface area contributed by atoms with Gasteiger partial charge in [0.2, 0.25) is 11.3 Å². The number of hydrogen-bond donors (Lipinski definition) is 1. The second-order valence-corrected chi connectivity index (χ2v) is 5.81. The number of pyridine rings is 2. The van der Waals surface area contributed by atoms with Crippen molar-refractivity contribution in [3.8, 4) is 11.5 Å². The minimum absolute atomic E-state index is 0.0587. The van der Waals surface area contributed by atoms with Gasteiger partial charge >= 0.3 is 0 Å². The van der Waals surface area contributed by atoms with E-state index in [-0.39, 0.29) is 23.6 Å². The fourth-order valence-electron chi connectivity index (χ4n) is 2.63. The number of fused-ring (bicyclic) bond motifs is 1. The quantitative estimate of drug-likeness (QED) is 0.761. The van der Waals surface area contributed by atoms with Gasteiger partial charge in [0.05, 0.1) is 37.8 Å². The lowest BCUT2D eigenvalue weighted by atomic mass is 10.2. The summed E-state index contributed by atoms with van der Waals surface area (Å²) in [5.74, 6) is 0.697. The number of aryl methyl sites for hydroxylation is 1. The lowest BCUT2D eigenvalue weighted by Crippen LogP contribution is -2.22. The number of hydrogen-bond acceptors (Lipinski definition) is 5. The maximum atomic E-state index is 12.4. The molecule has 26 heavy (non-hydrogen) atoms. The third-order valence-corrected chi connectivity index (χ3v) is 4.02. The first-order valence-electron chi connectivity index (χ1n) is 7.99. The van der Waals surface area contributed by atoms with Crippen LogP contribution in [-0.2, 0) is 11.3 Å². The fourth-order valence-corrected chi connectivity index (χ4v) is 2.63. The number of benzene rings is 1. The summed E-state index contributed by atoms with van der Waals surface area (Å²) >= 11 is 0. The topological polar surface area (TPSA) is 82.5 Å². The van der Waals surface area contributed by atoms with E-state index in [0.717, 1.165) is 16.7 Å². The first-order chi connectivity index (χ1) is 12.5. The summed E-state index contributed by atoms with van der Waals surface area (Å²) in [6, 6.07) is 8.84. The Hall–Kier alpha value is -3.35. The summed E-state index contributed by atoms with van der Waals surface area (Å²) in [5, 5.41) is 3.71. The molecule has 3 aromatic rings. The second-order valence-electron chi connectivity index (χ2n) is 5.81. The molecule has 134 valence electrons. The molecule has 0 atom stereocenters. The SMILES string of the molecule is COc1ccc2cc(NC(=O)Cn3cc(OC)c(=O)cc3C)cnc2c1. The van der Waals surface area contributed by atoms with Crippen LogP contribution in [0.4, 0.5) is 5.69 Å². The monoisotopic (exact) mass is 353 g/mol. The highest BCUT2D eigenvalue weighted by atomic mass is 16.5. The molecule has 2 aromatic heterocycles. The molecule has 0 aliphatic carbocycles. The zero-order valence-corrected chi connectivity index (χ0v) is 14.8. The van der Waals surface area contributed by atoms with Crippen LogP contribution in [0.3, 0.4) is 0 Å². The van der Waals surface area contributed by atoms with Crippen LogP contribution in [-0.4, -0.2) is 29.7 Å². The number of nitrogens with zero attached hydrogens (tertiary/aromatic N) is 2. The summed E-state index contributed by atoms with van der Waals surface area (Å²) in [6.45, 7) is 1.82. The summed E-state index contributed by atoms with van der Waals surface area (Å²) in [6.07, 6.45) is 3.13. The smallest absolute Gasteiger partial charge is 0.244 e. The van der Waals surface area contributed by atoms with Gasteiger partial charge in [-0.2, -0.15) is 0 Å². The normalized spacial score (nSPS) is 10.6. The fraction of sp³-hybridized carbons (Fsp3) is 0.211. The van der Waals surface area contributed by atoms with Gasteiger partial charge in [0.1, 0.15) is 12.3 Å². The Labute approximate surface area is 150 Å². The maximum Gasteiger partial charge on any atom is 0.244 e. The van der Waals surface area contributed by atoms with Crippen LogP contribution in [0.5, 0.6) is 11.5 Å². The van der Waals surface area contributed by atoms with Crippen molar-refractivity contribution in [3.63, 3.8) is 0 Å². The molecular weight excluding hydrogens is 334 g/mol. The largest absolute Gasteiger partial charge is 0.497 e. The van der Waals surface area contributed by atoms with Crippen molar-refractivity contribution in [2.75, 3.05) is 19.5 Å². The zero-order valence-electron chi connectivity index (χ0n) is 14.8. The molecule has 1 amide bonds. The molecule has 0 saturated carbocycles. The lowest BCUT2D eigenvalue weighted by Gasteiger charge is -2.12. The summed E-state index contributed by atoms with van der Waals surface area (Å²) < 4.78 is 11.9.